The molecule has 1 aliphatic rings. The van der Waals surface area contributed by atoms with Crippen molar-refractivity contribution in [3.05, 3.63) is 22.2 Å². The quantitative estimate of drug-likeness (QED) is 0.585. The second kappa shape index (κ2) is 5.29. The van der Waals surface area contributed by atoms with Gasteiger partial charge in [0.2, 0.25) is 11.7 Å². The summed E-state index contributed by atoms with van der Waals surface area (Å²) in [5.41, 5.74) is -0.328. The van der Waals surface area contributed by atoms with Crippen molar-refractivity contribution in [2.45, 2.75) is 18.6 Å². The molecule has 0 aliphatic carbocycles. The van der Waals surface area contributed by atoms with Crippen LogP contribution < -0.4 is 9.64 Å². The Kier molecular flexibility index (Phi) is 3.70. The number of carboxylic acids is 1. The van der Waals surface area contributed by atoms with Gasteiger partial charge in [-0.05, 0) is 0 Å². The highest BCUT2D eigenvalue weighted by Crippen LogP contribution is 2.33. The van der Waals surface area contributed by atoms with Crippen molar-refractivity contribution >= 4 is 17.5 Å². The lowest BCUT2D eigenvalue weighted by Gasteiger charge is -2.22. The molecule has 2 unspecified atom stereocenters. The molecule has 1 aliphatic heterocycles. The van der Waals surface area contributed by atoms with E-state index in [0.29, 0.717) is 0 Å². The number of nitro groups is 1. The average molecular weight is 283 g/mol. The van der Waals surface area contributed by atoms with Crippen molar-refractivity contribution in [3.8, 4) is 5.88 Å². The number of rotatable bonds is 4. The van der Waals surface area contributed by atoms with Crippen LogP contribution in [0.1, 0.15) is 6.42 Å². The molecule has 0 bridgehead atoms. The Morgan fingerprint density at radius 2 is 2.30 bits per heavy atom. The second-order valence-corrected chi connectivity index (χ2v) is 4.35. The van der Waals surface area contributed by atoms with Gasteiger partial charge < -0.3 is 19.8 Å². The number of hydrogen-bond acceptors (Lipinski definition) is 7. The lowest BCUT2D eigenvalue weighted by molar-refractivity contribution is -0.384. The van der Waals surface area contributed by atoms with E-state index in [4.69, 9.17) is 9.84 Å². The number of β-amino-alcohol motifs (C(OH)–C–C–N with tert-alkyl or cyclic N) is 1. The third kappa shape index (κ3) is 2.48. The third-order valence-corrected chi connectivity index (χ3v) is 3.07. The first-order chi connectivity index (χ1) is 9.43. The van der Waals surface area contributed by atoms with E-state index in [1.165, 1.54) is 24.1 Å². The second-order valence-electron chi connectivity index (χ2n) is 4.35. The molecular formula is C11H13N3O6. The number of anilines is 1. The van der Waals surface area contributed by atoms with E-state index in [0.717, 1.165) is 0 Å². The maximum atomic E-state index is 11.2. The molecule has 2 atom stereocenters. The zero-order valence-corrected chi connectivity index (χ0v) is 10.6. The first-order valence-electron chi connectivity index (χ1n) is 5.81. The van der Waals surface area contributed by atoms with Gasteiger partial charge in [0.05, 0.1) is 18.1 Å². The predicted octanol–water partition coefficient (Wildman–Crippen LogP) is 0.0226. The minimum absolute atomic E-state index is 0.00855. The molecule has 0 amide bonds. The standard InChI is InChI=1S/C11H13N3O6/c1-20-9-3-2-7(14(18)19)10(12-9)13-5-6(15)4-8(13)11(16)17/h2-3,6,8,15H,4-5H2,1H3,(H,16,17). The molecule has 2 heterocycles. The number of carbonyl (C=O) groups is 1. The van der Waals surface area contributed by atoms with Crippen LogP contribution in [-0.4, -0.2) is 51.9 Å². The highest BCUT2D eigenvalue weighted by atomic mass is 16.6. The topological polar surface area (TPSA) is 126 Å². The van der Waals surface area contributed by atoms with Gasteiger partial charge in [-0.2, -0.15) is 4.98 Å². The molecule has 108 valence electrons. The average Bonchev–Trinajstić information content (AvgIpc) is 2.80. The SMILES string of the molecule is COc1ccc([N+](=O)[O-])c(N2CC(O)CC2C(=O)O)n1. The molecule has 0 spiro atoms. The molecule has 1 aromatic rings. The van der Waals surface area contributed by atoms with Crippen molar-refractivity contribution < 1.29 is 24.7 Å². The minimum atomic E-state index is -1.17. The van der Waals surface area contributed by atoms with Crippen molar-refractivity contribution in [2.24, 2.45) is 0 Å². The molecule has 2 N–H and O–H groups in total. The number of methoxy groups -OCH3 is 1. The molecule has 0 aromatic carbocycles. The van der Waals surface area contributed by atoms with Crippen LogP contribution in [0.15, 0.2) is 12.1 Å². The van der Waals surface area contributed by atoms with Gasteiger partial charge >= 0.3 is 11.7 Å². The Morgan fingerprint density at radius 1 is 1.60 bits per heavy atom. The van der Waals surface area contributed by atoms with Gasteiger partial charge in [0.15, 0.2) is 0 Å². The number of aliphatic carboxylic acids is 1. The summed E-state index contributed by atoms with van der Waals surface area (Å²) in [6.07, 6.45) is -0.880. The maximum absolute atomic E-state index is 11.2. The Hall–Kier alpha value is -2.42. The lowest BCUT2D eigenvalue weighted by Crippen LogP contribution is -2.37. The number of aromatic nitrogens is 1. The first-order valence-corrected chi connectivity index (χ1v) is 5.81. The molecule has 0 saturated carbocycles. The summed E-state index contributed by atoms with van der Waals surface area (Å²) in [5.74, 6) is -1.14. The Morgan fingerprint density at radius 3 is 2.85 bits per heavy atom. The Labute approximate surface area is 113 Å². The summed E-state index contributed by atoms with van der Waals surface area (Å²) in [5, 5.41) is 29.8. The van der Waals surface area contributed by atoms with E-state index >= 15 is 0 Å². The number of pyridine rings is 1. The number of hydrogen-bond donors (Lipinski definition) is 2. The third-order valence-electron chi connectivity index (χ3n) is 3.07. The van der Waals surface area contributed by atoms with Crippen molar-refractivity contribution in [1.82, 2.24) is 4.98 Å². The molecule has 9 nitrogen and oxygen atoms in total. The summed E-state index contributed by atoms with van der Waals surface area (Å²) in [7, 11) is 1.35. The van der Waals surface area contributed by atoms with Gasteiger partial charge in [-0.25, -0.2) is 4.79 Å². The van der Waals surface area contributed by atoms with Gasteiger partial charge in [-0.3, -0.25) is 10.1 Å². The van der Waals surface area contributed by atoms with Crippen molar-refractivity contribution in [2.75, 3.05) is 18.6 Å². The van der Waals surface area contributed by atoms with E-state index in [2.05, 4.69) is 4.98 Å². The Balaban J connectivity index is 2.48. The number of ether oxygens (including phenoxy) is 1. The molecule has 1 aromatic heterocycles. The predicted molar refractivity (Wildman–Crippen MR) is 66.8 cm³/mol. The fourth-order valence-electron chi connectivity index (χ4n) is 2.17. The van der Waals surface area contributed by atoms with E-state index < -0.39 is 23.0 Å². The largest absolute Gasteiger partial charge is 0.481 e. The highest BCUT2D eigenvalue weighted by Gasteiger charge is 2.40. The van der Waals surface area contributed by atoms with Crippen LogP contribution in [0.2, 0.25) is 0 Å². The highest BCUT2D eigenvalue weighted by molar-refractivity contribution is 5.80. The van der Waals surface area contributed by atoms with Crippen molar-refractivity contribution in [1.29, 1.82) is 0 Å². The fraction of sp³-hybridized carbons (Fsp3) is 0.455. The van der Waals surface area contributed by atoms with Crippen LogP contribution in [0.5, 0.6) is 5.88 Å². The van der Waals surface area contributed by atoms with E-state index in [-0.39, 0.29) is 30.4 Å². The fourth-order valence-corrected chi connectivity index (χ4v) is 2.17. The molecule has 0 radical (unpaired) electrons. The monoisotopic (exact) mass is 283 g/mol. The first kappa shape index (κ1) is 14.0. The molecule has 1 saturated heterocycles. The number of aliphatic hydroxyl groups is 1. The number of carboxylic acid groups (broad SMARTS) is 1. The zero-order valence-electron chi connectivity index (χ0n) is 10.6. The van der Waals surface area contributed by atoms with Gasteiger partial charge in [0.25, 0.3) is 0 Å². The van der Waals surface area contributed by atoms with Gasteiger partial charge in [0.1, 0.15) is 6.04 Å². The van der Waals surface area contributed by atoms with Gasteiger partial charge in [-0.15, -0.1) is 0 Å². The van der Waals surface area contributed by atoms with E-state index in [9.17, 15) is 20.0 Å². The summed E-state index contributed by atoms with van der Waals surface area (Å²) in [6, 6.07) is 1.47. The molecule has 20 heavy (non-hydrogen) atoms. The molecule has 9 heteroatoms. The van der Waals surface area contributed by atoms with Gasteiger partial charge in [0, 0.05) is 25.1 Å². The van der Waals surface area contributed by atoms with E-state index in [1.807, 2.05) is 0 Å². The molecule has 1 fully saturated rings. The van der Waals surface area contributed by atoms with Crippen LogP contribution in [0.3, 0.4) is 0 Å². The van der Waals surface area contributed by atoms with Crippen LogP contribution in [-0.2, 0) is 4.79 Å². The number of aliphatic hydroxyl groups excluding tert-OH is 1. The van der Waals surface area contributed by atoms with Crippen LogP contribution in [0, 0.1) is 10.1 Å². The summed E-state index contributed by atoms with van der Waals surface area (Å²) in [4.78, 5) is 26.7. The normalized spacial score (nSPS) is 21.8. The van der Waals surface area contributed by atoms with Gasteiger partial charge in [-0.1, -0.05) is 0 Å². The zero-order chi connectivity index (χ0) is 14.9. The number of nitrogens with zero attached hydrogens (tertiary/aromatic N) is 3. The van der Waals surface area contributed by atoms with Crippen molar-refractivity contribution in [3.63, 3.8) is 0 Å². The van der Waals surface area contributed by atoms with Crippen LogP contribution >= 0.6 is 0 Å². The van der Waals surface area contributed by atoms with Crippen LogP contribution in [0.4, 0.5) is 11.5 Å². The molecule has 2 rings (SSSR count). The smallest absolute Gasteiger partial charge is 0.326 e. The van der Waals surface area contributed by atoms with E-state index in [1.54, 1.807) is 0 Å². The summed E-state index contributed by atoms with van der Waals surface area (Å²) < 4.78 is 4.90. The summed E-state index contributed by atoms with van der Waals surface area (Å²) >= 11 is 0. The lowest BCUT2D eigenvalue weighted by atomic mass is 10.2. The Bertz CT molecular complexity index is 549. The molecular weight excluding hydrogens is 270 g/mol. The van der Waals surface area contributed by atoms with Crippen LogP contribution in [0.25, 0.3) is 0 Å². The minimum Gasteiger partial charge on any atom is -0.481 e. The summed E-state index contributed by atoms with van der Waals surface area (Å²) in [6.45, 7) is -0.0298. The maximum Gasteiger partial charge on any atom is 0.326 e.